The van der Waals surface area contributed by atoms with Gasteiger partial charge in [0.25, 0.3) is 5.91 Å². The van der Waals surface area contributed by atoms with Gasteiger partial charge in [0.1, 0.15) is 5.75 Å². The standard InChI is InChI=1S/C19H21NO2/c1-2-14-5-3-8-18(11-14)22-13-19(21)20-17-10-9-15-6-4-7-16(15)12-17/h3,5,8-12H,2,4,6-7,13H2,1H3,(H,20,21). The Morgan fingerprint density at radius 3 is 2.86 bits per heavy atom. The van der Waals surface area contributed by atoms with Crippen LogP contribution in [0.5, 0.6) is 5.75 Å². The maximum atomic E-state index is 12.0. The number of aryl methyl sites for hydroxylation is 3. The molecule has 3 heteroatoms. The Kier molecular flexibility index (Phi) is 4.42. The maximum absolute atomic E-state index is 12.0. The van der Waals surface area contributed by atoms with Crippen LogP contribution < -0.4 is 10.1 Å². The van der Waals surface area contributed by atoms with Crippen LogP contribution in [0.4, 0.5) is 5.69 Å². The summed E-state index contributed by atoms with van der Waals surface area (Å²) in [6.07, 6.45) is 4.43. The van der Waals surface area contributed by atoms with E-state index >= 15 is 0 Å². The Balaban J connectivity index is 1.56. The zero-order valence-corrected chi connectivity index (χ0v) is 12.9. The lowest BCUT2D eigenvalue weighted by Gasteiger charge is -2.09. The predicted molar refractivity (Wildman–Crippen MR) is 88.4 cm³/mol. The van der Waals surface area contributed by atoms with Crippen LogP contribution in [0.1, 0.15) is 30.0 Å². The third kappa shape index (κ3) is 3.48. The number of hydrogen-bond donors (Lipinski definition) is 1. The average Bonchev–Trinajstić information content (AvgIpc) is 3.01. The number of carbonyl (C=O) groups excluding carboxylic acids is 1. The van der Waals surface area contributed by atoms with Gasteiger partial charge in [-0.25, -0.2) is 0 Å². The van der Waals surface area contributed by atoms with Crippen molar-refractivity contribution in [1.29, 1.82) is 0 Å². The van der Waals surface area contributed by atoms with Crippen molar-refractivity contribution >= 4 is 11.6 Å². The lowest BCUT2D eigenvalue weighted by molar-refractivity contribution is -0.118. The van der Waals surface area contributed by atoms with E-state index in [2.05, 4.69) is 30.4 Å². The molecule has 0 spiro atoms. The summed E-state index contributed by atoms with van der Waals surface area (Å²) in [5.74, 6) is 0.614. The molecule has 1 amide bonds. The summed E-state index contributed by atoms with van der Waals surface area (Å²) in [7, 11) is 0. The summed E-state index contributed by atoms with van der Waals surface area (Å²) in [5, 5.41) is 2.91. The molecule has 2 aromatic carbocycles. The van der Waals surface area contributed by atoms with Gasteiger partial charge >= 0.3 is 0 Å². The van der Waals surface area contributed by atoms with Crippen LogP contribution in [0, 0.1) is 0 Å². The van der Waals surface area contributed by atoms with Gasteiger partial charge in [0, 0.05) is 5.69 Å². The van der Waals surface area contributed by atoms with Crippen LogP contribution in [0.2, 0.25) is 0 Å². The van der Waals surface area contributed by atoms with Gasteiger partial charge < -0.3 is 10.1 Å². The summed E-state index contributed by atoms with van der Waals surface area (Å²) in [4.78, 5) is 12.0. The molecule has 0 unspecified atom stereocenters. The van der Waals surface area contributed by atoms with E-state index in [9.17, 15) is 4.79 Å². The second-order valence-corrected chi connectivity index (χ2v) is 5.67. The number of amides is 1. The first-order valence-electron chi connectivity index (χ1n) is 7.88. The molecule has 2 aromatic rings. The number of rotatable bonds is 5. The molecule has 0 aromatic heterocycles. The molecular weight excluding hydrogens is 274 g/mol. The number of anilines is 1. The van der Waals surface area contributed by atoms with Gasteiger partial charge in [-0.1, -0.05) is 25.1 Å². The fourth-order valence-corrected chi connectivity index (χ4v) is 2.85. The van der Waals surface area contributed by atoms with Crippen LogP contribution in [0.25, 0.3) is 0 Å². The molecule has 0 fully saturated rings. The Morgan fingerprint density at radius 1 is 1.14 bits per heavy atom. The SMILES string of the molecule is CCc1cccc(OCC(=O)Nc2ccc3c(c2)CCC3)c1. The van der Waals surface area contributed by atoms with Crippen molar-refractivity contribution in [2.75, 3.05) is 11.9 Å². The Labute approximate surface area is 131 Å². The van der Waals surface area contributed by atoms with E-state index in [0.717, 1.165) is 30.7 Å². The molecule has 1 N–H and O–H groups in total. The maximum Gasteiger partial charge on any atom is 0.262 e. The van der Waals surface area contributed by atoms with Crippen LogP contribution in [-0.4, -0.2) is 12.5 Å². The summed E-state index contributed by atoms with van der Waals surface area (Å²) in [5.41, 5.74) is 4.83. The summed E-state index contributed by atoms with van der Waals surface area (Å²) in [6, 6.07) is 14.0. The Hall–Kier alpha value is -2.29. The molecule has 0 aliphatic heterocycles. The van der Waals surface area contributed by atoms with Crippen LogP contribution in [0.15, 0.2) is 42.5 Å². The quantitative estimate of drug-likeness (QED) is 0.912. The third-order valence-corrected chi connectivity index (χ3v) is 4.06. The Bertz CT molecular complexity index is 679. The van der Waals surface area contributed by atoms with E-state index in [4.69, 9.17) is 4.74 Å². The van der Waals surface area contributed by atoms with E-state index in [1.165, 1.54) is 23.1 Å². The van der Waals surface area contributed by atoms with E-state index in [0.29, 0.717) is 0 Å². The highest BCUT2D eigenvalue weighted by Gasteiger charge is 2.12. The fourth-order valence-electron chi connectivity index (χ4n) is 2.85. The third-order valence-electron chi connectivity index (χ3n) is 4.06. The molecule has 0 saturated heterocycles. The van der Waals surface area contributed by atoms with Gasteiger partial charge in [0.05, 0.1) is 0 Å². The minimum atomic E-state index is -0.125. The summed E-state index contributed by atoms with van der Waals surface area (Å²) >= 11 is 0. The monoisotopic (exact) mass is 295 g/mol. The van der Waals surface area contributed by atoms with Crippen LogP contribution >= 0.6 is 0 Å². The fraction of sp³-hybridized carbons (Fsp3) is 0.316. The highest BCUT2D eigenvalue weighted by atomic mass is 16.5. The average molecular weight is 295 g/mol. The summed E-state index contributed by atoms with van der Waals surface area (Å²) < 4.78 is 5.56. The molecule has 0 heterocycles. The highest BCUT2D eigenvalue weighted by molar-refractivity contribution is 5.92. The molecule has 3 nitrogen and oxygen atoms in total. The van der Waals surface area contributed by atoms with E-state index in [1.54, 1.807) is 0 Å². The largest absolute Gasteiger partial charge is 0.484 e. The normalized spacial score (nSPS) is 12.8. The molecule has 22 heavy (non-hydrogen) atoms. The van der Waals surface area contributed by atoms with Crippen LogP contribution in [-0.2, 0) is 24.1 Å². The molecule has 1 aliphatic carbocycles. The number of ether oxygens (including phenoxy) is 1. The Morgan fingerprint density at radius 2 is 2.00 bits per heavy atom. The minimum Gasteiger partial charge on any atom is -0.484 e. The lowest BCUT2D eigenvalue weighted by atomic mass is 10.1. The lowest BCUT2D eigenvalue weighted by Crippen LogP contribution is -2.20. The first kappa shape index (κ1) is 14.6. The van der Waals surface area contributed by atoms with Gasteiger partial charge in [-0.2, -0.15) is 0 Å². The van der Waals surface area contributed by atoms with E-state index in [-0.39, 0.29) is 12.5 Å². The van der Waals surface area contributed by atoms with Crippen molar-refractivity contribution in [3.05, 3.63) is 59.2 Å². The molecule has 1 aliphatic rings. The van der Waals surface area contributed by atoms with Crippen molar-refractivity contribution in [2.24, 2.45) is 0 Å². The van der Waals surface area contributed by atoms with Gasteiger partial charge in [0.15, 0.2) is 6.61 Å². The zero-order valence-electron chi connectivity index (χ0n) is 12.9. The van der Waals surface area contributed by atoms with Gasteiger partial charge in [-0.05, 0) is 66.6 Å². The second-order valence-electron chi connectivity index (χ2n) is 5.67. The number of nitrogens with one attached hydrogen (secondary N) is 1. The van der Waals surface area contributed by atoms with Crippen molar-refractivity contribution in [3.63, 3.8) is 0 Å². The summed E-state index contributed by atoms with van der Waals surface area (Å²) in [6.45, 7) is 2.13. The minimum absolute atomic E-state index is 0.0320. The molecule has 0 radical (unpaired) electrons. The molecule has 0 atom stereocenters. The number of fused-ring (bicyclic) bond motifs is 1. The smallest absolute Gasteiger partial charge is 0.262 e. The van der Waals surface area contributed by atoms with E-state index in [1.807, 2.05) is 24.3 Å². The van der Waals surface area contributed by atoms with Crippen molar-refractivity contribution < 1.29 is 9.53 Å². The molecular formula is C19H21NO2. The zero-order chi connectivity index (χ0) is 15.4. The molecule has 114 valence electrons. The van der Waals surface area contributed by atoms with Crippen molar-refractivity contribution in [2.45, 2.75) is 32.6 Å². The van der Waals surface area contributed by atoms with Crippen molar-refractivity contribution in [3.8, 4) is 5.75 Å². The van der Waals surface area contributed by atoms with Gasteiger partial charge in [-0.15, -0.1) is 0 Å². The highest BCUT2D eigenvalue weighted by Crippen LogP contribution is 2.24. The van der Waals surface area contributed by atoms with E-state index < -0.39 is 0 Å². The van der Waals surface area contributed by atoms with Gasteiger partial charge in [-0.3, -0.25) is 4.79 Å². The van der Waals surface area contributed by atoms with Gasteiger partial charge in [0.2, 0.25) is 0 Å². The van der Waals surface area contributed by atoms with Crippen molar-refractivity contribution in [1.82, 2.24) is 0 Å². The number of hydrogen-bond acceptors (Lipinski definition) is 2. The number of carbonyl (C=O) groups is 1. The molecule has 3 rings (SSSR count). The second kappa shape index (κ2) is 6.65. The van der Waals surface area contributed by atoms with Crippen LogP contribution in [0.3, 0.4) is 0 Å². The first-order chi connectivity index (χ1) is 10.7. The predicted octanol–water partition coefficient (Wildman–Crippen LogP) is 3.76. The molecule has 0 saturated carbocycles. The number of benzene rings is 2. The molecule has 0 bridgehead atoms. The first-order valence-corrected chi connectivity index (χ1v) is 7.88. The topological polar surface area (TPSA) is 38.3 Å².